The second kappa shape index (κ2) is 7.94. The smallest absolute Gasteiger partial charge is 0.292 e. The van der Waals surface area contributed by atoms with Crippen LogP contribution in [0.25, 0.3) is 0 Å². The van der Waals surface area contributed by atoms with Crippen molar-refractivity contribution in [1.29, 1.82) is 0 Å². The van der Waals surface area contributed by atoms with Gasteiger partial charge in [0.25, 0.3) is 5.69 Å². The predicted octanol–water partition coefficient (Wildman–Crippen LogP) is 4.02. The highest BCUT2D eigenvalue weighted by Gasteiger charge is 2.25. The quantitative estimate of drug-likeness (QED) is 0.500. The van der Waals surface area contributed by atoms with Gasteiger partial charge in [-0.05, 0) is 20.8 Å². The van der Waals surface area contributed by atoms with Gasteiger partial charge in [-0.3, -0.25) is 15.0 Å². The number of rotatable bonds is 4. The largest absolute Gasteiger partial charge is 0.342 e. The summed E-state index contributed by atoms with van der Waals surface area (Å²) in [5, 5.41) is 14.5. The van der Waals surface area contributed by atoms with Gasteiger partial charge in [-0.25, -0.2) is 10.2 Å². The van der Waals surface area contributed by atoms with Gasteiger partial charge in [0.15, 0.2) is 0 Å². The average molecular weight is 359 g/mol. The molecular formula is C14H16Cl2N4O3. The molecule has 0 fully saturated rings. The molecule has 0 aliphatic heterocycles. The van der Waals surface area contributed by atoms with Gasteiger partial charge in [0.2, 0.25) is 0 Å². The van der Waals surface area contributed by atoms with E-state index in [2.05, 4.69) is 10.5 Å². The Labute approximate surface area is 143 Å². The second-order valence-corrected chi connectivity index (χ2v) is 6.49. The number of benzene rings is 1. The maximum Gasteiger partial charge on any atom is 0.342 e. The number of carbonyl (C=O) groups is 1. The van der Waals surface area contributed by atoms with Gasteiger partial charge in [0.1, 0.15) is 4.49 Å². The lowest BCUT2D eigenvalue weighted by Gasteiger charge is -2.31. The molecule has 23 heavy (non-hydrogen) atoms. The van der Waals surface area contributed by atoms with Crippen molar-refractivity contribution in [3.05, 3.63) is 50.6 Å². The highest BCUT2D eigenvalue weighted by Crippen LogP contribution is 2.18. The van der Waals surface area contributed by atoms with Crippen LogP contribution < -0.4 is 5.43 Å². The Morgan fingerprint density at radius 3 is 2.57 bits per heavy atom. The van der Waals surface area contributed by atoms with Crippen LogP contribution in [0.3, 0.4) is 0 Å². The molecule has 1 rings (SSSR count). The van der Waals surface area contributed by atoms with Crippen LogP contribution in [0.4, 0.5) is 10.5 Å². The number of hydrazone groups is 1. The number of carbonyl (C=O) groups excluding carboxylic acids is 1. The molecule has 0 spiro atoms. The van der Waals surface area contributed by atoms with E-state index in [0.29, 0.717) is 5.56 Å². The molecule has 0 bridgehead atoms. The van der Waals surface area contributed by atoms with Crippen LogP contribution in [0.5, 0.6) is 0 Å². The molecule has 0 heterocycles. The Hall–Kier alpha value is -2.12. The number of halogens is 2. The summed E-state index contributed by atoms with van der Waals surface area (Å²) >= 11 is 11.2. The number of hydrogen-bond acceptors (Lipinski definition) is 4. The minimum absolute atomic E-state index is 0.0616. The van der Waals surface area contributed by atoms with E-state index in [4.69, 9.17) is 23.2 Å². The first kappa shape index (κ1) is 18.9. The molecular weight excluding hydrogens is 343 g/mol. The van der Waals surface area contributed by atoms with Crippen LogP contribution in [-0.4, -0.2) is 27.6 Å². The Balaban J connectivity index is 2.83. The molecule has 2 amide bonds. The van der Waals surface area contributed by atoms with E-state index in [9.17, 15) is 14.9 Å². The van der Waals surface area contributed by atoms with Gasteiger partial charge in [-0.2, -0.15) is 5.10 Å². The van der Waals surface area contributed by atoms with Crippen molar-refractivity contribution in [3.63, 3.8) is 0 Å². The summed E-state index contributed by atoms with van der Waals surface area (Å²) < 4.78 is -0.0715. The molecule has 9 heteroatoms. The first-order chi connectivity index (χ1) is 10.6. The van der Waals surface area contributed by atoms with Crippen LogP contribution >= 0.6 is 23.2 Å². The van der Waals surface area contributed by atoms with Crippen molar-refractivity contribution in [2.45, 2.75) is 26.3 Å². The normalized spacial score (nSPS) is 11.2. The number of non-ortho nitro benzene ring substituents is 1. The van der Waals surface area contributed by atoms with Crippen molar-refractivity contribution in [1.82, 2.24) is 10.3 Å². The van der Waals surface area contributed by atoms with Crippen molar-refractivity contribution in [2.75, 3.05) is 0 Å². The number of hydrogen-bond donors (Lipinski definition) is 1. The van der Waals surface area contributed by atoms with Crippen LogP contribution in [0.1, 0.15) is 26.3 Å². The molecule has 0 unspecified atom stereocenters. The van der Waals surface area contributed by atoms with Crippen LogP contribution in [-0.2, 0) is 0 Å². The fourth-order valence-electron chi connectivity index (χ4n) is 1.59. The molecule has 0 aliphatic carbocycles. The van der Waals surface area contributed by atoms with Gasteiger partial charge >= 0.3 is 6.03 Å². The second-order valence-electron chi connectivity index (χ2n) is 5.49. The Kier molecular flexibility index (Phi) is 6.53. The fourth-order valence-corrected chi connectivity index (χ4v) is 1.78. The third kappa shape index (κ3) is 6.25. The van der Waals surface area contributed by atoms with E-state index in [1.807, 2.05) is 0 Å². The van der Waals surface area contributed by atoms with E-state index < -0.39 is 16.5 Å². The Morgan fingerprint density at radius 2 is 2.04 bits per heavy atom. The van der Waals surface area contributed by atoms with Crippen molar-refractivity contribution in [3.8, 4) is 0 Å². The number of nitrogens with zero attached hydrogens (tertiary/aromatic N) is 3. The van der Waals surface area contributed by atoms with Crippen LogP contribution in [0, 0.1) is 10.1 Å². The molecule has 124 valence electrons. The predicted molar refractivity (Wildman–Crippen MR) is 90.6 cm³/mol. The number of nitro benzene ring substituents is 1. The summed E-state index contributed by atoms with van der Waals surface area (Å²) in [5.74, 6) is 0. The van der Waals surface area contributed by atoms with E-state index in [-0.39, 0.29) is 10.2 Å². The average Bonchev–Trinajstić information content (AvgIpc) is 2.43. The monoisotopic (exact) mass is 358 g/mol. The molecule has 1 aromatic carbocycles. The van der Waals surface area contributed by atoms with Crippen molar-refractivity contribution < 1.29 is 9.72 Å². The Bertz CT molecular complexity index is 650. The number of urea groups is 1. The van der Waals surface area contributed by atoms with Gasteiger partial charge < -0.3 is 0 Å². The summed E-state index contributed by atoms with van der Waals surface area (Å²) in [7, 11) is 0. The number of amides is 2. The minimum Gasteiger partial charge on any atom is -0.292 e. The third-order valence-corrected chi connectivity index (χ3v) is 2.82. The summed E-state index contributed by atoms with van der Waals surface area (Å²) in [4.78, 5) is 23.6. The molecule has 0 atom stereocenters. The molecule has 1 aromatic rings. The molecule has 7 nitrogen and oxygen atoms in total. The Morgan fingerprint density at radius 1 is 1.39 bits per heavy atom. The number of nitro groups is 1. The highest BCUT2D eigenvalue weighted by molar-refractivity contribution is 6.55. The molecule has 0 aromatic heterocycles. The number of nitrogens with one attached hydrogen (secondary N) is 1. The SMILES string of the molecule is CC(C)(C)N(C=C(Cl)Cl)C(=O)N/N=C\c1cccc([N+](=O)[O-])c1. The van der Waals surface area contributed by atoms with Gasteiger partial charge in [-0.15, -0.1) is 0 Å². The molecule has 0 saturated carbocycles. The topological polar surface area (TPSA) is 87.8 Å². The van der Waals surface area contributed by atoms with Gasteiger partial charge in [-0.1, -0.05) is 35.3 Å². The fraction of sp³-hybridized carbons (Fsp3) is 0.286. The maximum atomic E-state index is 12.1. The molecule has 0 saturated heterocycles. The zero-order valence-corrected chi connectivity index (χ0v) is 14.3. The van der Waals surface area contributed by atoms with E-state index >= 15 is 0 Å². The summed E-state index contributed by atoms with van der Waals surface area (Å²) in [6, 6.07) is 5.31. The van der Waals surface area contributed by atoms with E-state index in [1.54, 1.807) is 26.8 Å². The summed E-state index contributed by atoms with van der Waals surface area (Å²) in [6.45, 7) is 5.39. The van der Waals surface area contributed by atoms with Gasteiger partial charge in [0.05, 0.1) is 11.1 Å². The zero-order chi connectivity index (χ0) is 17.6. The standard InChI is InChI=1S/C14H16Cl2N4O3/c1-14(2,3)19(9-12(15)16)13(21)18-17-8-10-5-4-6-11(7-10)20(22)23/h4-9H,1-3H3,(H,18,21)/b17-8-. The van der Waals surface area contributed by atoms with E-state index in [1.165, 1.54) is 35.5 Å². The summed E-state index contributed by atoms with van der Waals surface area (Å²) in [6.07, 6.45) is 2.58. The zero-order valence-electron chi connectivity index (χ0n) is 12.8. The lowest BCUT2D eigenvalue weighted by atomic mass is 10.1. The highest BCUT2D eigenvalue weighted by atomic mass is 35.5. The molecule has 0 aliphatic rings. The minimum atomic E-state index is -0.569. The molecule has 0 radical (unpaired) electrons. The van der Waals surface area contributed by atoms with Crippen molar-refractivity contribution >= 4 is 41.1 Å². The first-order valence-electron chi connectivity index (χ1n) is 6.51. The molecule has 1 N–H and O–H groups in total. The lowest BCUT2D eigenvalue weighted by Crippen LogP contribution is -2.45. The van der Waals surface area contributed by atoms with E-state index in [0.717, 1.165) is 0 Å². The van der Waals surface area contributed by atoms with Crippen molar-refractivity contribution in [2.24, 2.45) is 5.10 Å². The van der Waals surface area contributed by atoms with Crippen LogP contribution in [0.2, 0.25) is 0 Å². The van der Waals surface area contributed by atoms with Gasteiger partial charge in [0, 0.05) is 29.4 Å². The first-order valence-corrected chi connectivity index (χ1v) is 7.26. The lowest BCUT2D eigenvalue weighted by molar-refractivity contribution is -0.384. The maximum absolute atomic E-state index is 12.1. The van der Waals surface area contributed by atoms with Crippen LogP contribution in [0.15, 0.2) is 40.1 Å². The summed E-state index contributed by atoms with van der Waals surface area (Å²) in [5.41, 5.74) is 2.17. The third-order valence-electron chi connectivity index (χ3n) is 2.62.